The molecule has 0 saturated heterocycles. The van der Waals surface area contributed by atoms with Gasteiger partial charge in [-0.3, -0.25) is 0 Å². The molecule has 0 aliphatic heterocycles. The van der Waals surface area contributed by atoms with Gasteiger partial charge in [-0.2, -0.15) is 0 Å². The zero-order valence-corrected chi connectivity index (χ0v) is 18.4. The standard InChI is InChI=1S/C22H37N3O/c1-19(2,3)15-13-23-17(25-15)22(9,10)12-11-21(7,8)16-14-24-18(26-16)20(4,5)6/h13-14H,11-12H2,1-10H3,(H,23,25). The van der Waals surface area contributed by atoms with E-state index >= 15 is 0 Å². The summed E-state index contributed by atoms with van der Waals surface area (Å²) < 4.78 is 6.10. The van der Waals surface area contributed by atoms with Crippen molar-refractivity contribution in [2.75, 3.05) is 0 Å². The van der Waals surface area contributed by atoms with Crippen LogP contribution in [0.2, 0.25) is 0 Å². The van der Waals surface area contributed by atoms with Gasteiger partial charge in [0.05, 0.1) is 6.20 Å². The molecule has 4 heteroatoms. The van der Waals surface area contributed by atoms with Crippen LogP contribution in [0.4, 0.5) is 0 Å². The molecule has 2 rings (SSSR count). The molecule has 2 heterocycles. The van der Waals surface area contributed by atoms with E-state index in [1.54, 1.807) is 0 Å². The molecule has 0 amide bonds. The molecule has 2 aromatic heterocycles. The summed E-state index contributed by atoms with van der Waals surface area (Å²) >= 11 is 0. The predicted molar refractivity (Wildman–Crippen MR) is 108 cm³/mol. The smallest absolute Gasteiger partial charge is 0.199 e. The largest absolute Gasteiger partial charge is 0.445 e. The van der Waals surface area contributed by atoms with Gasteiger partial charge in [0.15, 0.2) is 5.89 Å². The van der Waals surface area contributed by atoms with E-state index in [9.17, 15) is 0 Å². The molecule has 0 spiro atoms. The topological polar surface area (TPSA) is 54.7 Å². The summed E-state index contributed by atoms with van der Waals surface area (Å²) in [4.78, 5) is 12.7. The van der Waals surface area contributed by atoms with E-state index in [0.29, 0.717) is 0 Å². The van der Waals surface area contributed by atoms with E-state index in [2.05, 4.69) is 84.2 Å². The van der Waals surface area contributed by atoms with Gasteiger partial charge in [-0.25, -0.2) is 9.97 Å². The van der Waals surface area contributed by atoms with Crippen molar-refractivity contribution < 1.29 is 4.42 Å². The number of rotatable bonds is 5. The van der Waals surface area contributed by atoms with Gasteiger partial charge in [0.2, 0.25) is 0 Å². The number of hydrogen-bond acceptors (Lipinski definition) is 3. The van der Waals surface area contributed by atoms with Gasteiger partial charge in [0.1, 0.15) is 11.6 Å². The van der Waals surface area contributed by atoms with Gasteiger partial charge in [-0.05, 0) is 12.8 Å². The van der Waals surface area contributed by atoms with Crippen molar-refractivity contribution in [3.8, 4) is 0 Å². The molecular weight excluding hydrogens is 322 g/mol. The highest BCUT2D eigenvalue weighted by Crippen LogP contribution is 2.37. The van der Waals surface area contributed by atoms with E-state index in [1.807, 2.05) is 12.4 Å². The molecule has 0 atom stereocenters. The first-order valence-electron chi connectivity index (χ1n) is 9.66. The summed E-state index contributed by atoms with van der Waals surface area (Å²) in [6.45, 7) is 22.0. The molecule has 0 fully saturated rings. The zero-order chi connectivity index (χ0) is 20.0. The molecule has 2 aromatic rings. The minimum Gasteiger partial charge on any atom is -0.445 e. The molecule has 0 aromatic carbocycles. The molecule has 0 saturated carbocycles. The molecule has 0 unspecified atom stereocenters. The highest BCUT2D eigenvalue weighted by Gasteiger charge is 2.33. The zero-order valence-electron chi connectivity index (χ0n) is 18.4. The van der Waals surface area contributed by atoms with Crippen molar-refractivity contribution in [1.29, 1.82) is 0 Å². The highest BCUT2D eigenvalue weighted by atomic mass is 16.4. The maximum absolute atomic E-state index is 6.10. The second-order valence-corrected chi connectivity index (χ2v) is 10.9. The summed E-state index contributed by atoms with van der Waals surface area (Å²) in [6.07, 6.45) is 5.90. The molecule has 0 aliphatic carbocycles. The maximum atomic E-state index is 6.10. The molecule has 0 bridgehead atoms. The second kappa shape index (κ2) is 6.54. The summed E-state index contributed by atoms with van der Waals surface area (Å²) in [5, 5.41) is 0. The highest BCUT2D eigenvalue weighted by molar-refractivity contribution is 5.17. The molecule has 146 valence electrons. The number of H-pyrrole nitrogens is 1. The average molecular weight is 360 g/mol. The average Bonchev–Trinajstić information content (AvgIpc) is 3.13. The van der Waals surface area contributed by atoms with Crippen LogP contribution in [0.25, 0.3) is 0 Å². The second-order valence-electron chi connectivity index (χ2n) is 10.9. The number of imidazole rings is 1. The van der Waals surface area contributed by atoms with Gasteiger partial charge in [-0.1, -0.05) is 69.2 Å². The third-order valence-corrected chi connectivity index (χ3v) is 5.21. The van der Waals surface area contributed by atoms with E-state index in [1.165, 1.54) is 5.69 Å². The van der Waals surface area contributed by atoms with Gasteiger partial charge >= 0.3 is 0 Å². The number of aromatic amines is 1. The fraction of sp³-hybridized carbons (Fsp3) is 0.727. The van der Waals surface area contributed by atoms with Crippen LogP contribution in [-0.4, -0.2) is 15.0 Å². The van der Waals surface area contributed by atoms with Crippen molar-refractivity contribution in [2.24, 2.45) is 0 Å². The Kier molecular flexibility index (Phi) is 5.22. The molecular formula is C22H37N3O. The number of nitrogens with one attached hydrogen (secondary N) is 1. The number of nitrogens with zero attached hydrogens (tertiary/aromatic N) is 2. The molecule has 0 radical (unpaired) electrons. The summed E-state index contributed by atoms with van der Waals surface area (Å²) in [5.41, 5.74) is 1.13. The minimum atomic E-state index is -0.0644. The third kappa shape index (κ3) is 4.57. The first-order valence-corrected chi connectivity index (χ1v) is 9.66. The van der Waals surface area contributed by atoms with E-state index in [0.717, 1.165) is 30.3 Å². The van der Waals surface area contributed by atoms with Crippen molar-refractivity contribution in [2.45, 2.75) is 104 Å². The Morgan fingerprint density at radius 3 is 1.81 bits per heavy atom. The fourth-order valence-electron chi connectivity index (χ4n) is 2.85. The van der Waals surface area contributed by atoms with Crippen molar-refractivity contribution in [3.05, 3.63) is 35.6 Å². The first-order chi connectivity index (χ1) is 11.6. The lowest BCUT2D eigenvalue weighted by Gasteiger charge is -2.29. The van der Waals surface area contributed by atoms with Crippen LogP contribution in [0.5, 0.6) is 0 Å². The summed E-state index contributed by atoms with van der Waals surface area (Å²) in [5.74, 6) is 2.83. The Morgan fingerprint density at radius 2 is 1.35 bits per heavy atom. The normalized spacial score (nSPS) is 14.1. The fourth-order valence-corrected chi connectivity index (χ4v) is 2.85. The van der Waals surface area contributed by atoms with Crippen LogP contribution in [0.1, 0.15) is 105 Å². The minimum absolute atomic E-state index is 0.0202. The van der Waals surface area contributed by atoms with Gasteiger partial charge in [0.25, 0.3) is 0 Å². The Labute approximate surface area is 159 Å². The van der Waals surface area contributed by atoms with Crippen LogP contribution >= 0.6 is 0 Å². The lowest BCUT2D eigenvalue weighted by Crippen LogP contribution is -2.25. The lowest BCUT2D eigenvalue weighted by atomic mass is 9.77. The van der Waals surface area contributed by atoms with E-state index in [-0.39, 0.29) is 21.7 Å². The van der Waals surface area contributed by atoms with Crippen LogP contribution in [-0.2, 0) is 21.7 Å². The summed E-state index contributed by atoms with van der Waals surface area (Å²) in [7, 11) is 0. The molecule has 4 nitrogen and oxygen atoms in total. The first kappa shape index (κ1) is 20.7. The molecule has 0 aliphatic rings. The van der Waals surface area contributed by atoms with Crippen LogP contribution in [0.3, 0.4) is 0 Å². The van der Waals surface area contributed by atoms with Gasteiger partial charge < -0.3 is 9.40 Å². The predicted octanol–water partition coefficient (Wildman–Crippen LogP) is 6.03. The lowest BCUT2D eigenvalue weighted by molar-refractivity contribution is 0.291. The van der Waals surface area contributed by atoms with Gasteiger partial charge in [-0.15, -0.1) is 0 Å². The van der Waals surface area contributed by atoms with Crippen LogP contribution < -0.4 is 0 Å². The Hall–Kier alpha value is -1.58. The third-order valence-electron chi connectivity index (χ3n) is 5.21. The number of oxazole rings is 1. The van der Waals surface area contributed by atoms with Crippen molar-refractivity contribution in [1.82, 2.24) is 15.0 Å². The SMILES string of the molecule is CC(C)(C)c1cnc(C(C)(C)CCC(C)(C)c2cnc(C(C)(C)C)o2)[nH]1. The Morgan fingerprint density at radius 1 is 0.769 bits per heavy atom. The van der Waals surface area contributed by atoms with Crippen LogP contribution in [0, 0.1) is 0 Å². The number of hydrogen-bond donors (Lipinski definition) is 1. The maximum Gasteiger partial charge on any atom is 0.199 e. The quantitative estimate of drug-likeness (QED) is 0.709. The van der Waals surface area contributed by atoms with Crippen LogP contribution in [0.15, 0.2) is 16.8 Å². The molecule has 1 N–H and O–H groups in total. The monoisotopic (exact) mass is 359 g/mol. The van der Waals surface area contributed by atoms with Crippen molar-refractivity contribution >= 4 is 0 Å². The van der Waals surface area contributed by atoms with Gasteiger partial charge in [0, 0.05) is 33.6 Å². The van der Waals surface area contributed by atoms with E-state index < -0.39 is 0 Å². The Balaban J connectivity index is 2.12. The van der Waals surface area contributed by atoms with E-state index in [4.69, 9.17) is 4.42 Å². The van der Waals surface area contributed by atoms with Crippen molar-refractivity contribution in [3.63, 3.8) is 0 Å². The Bertz CT molecular complexity index is 672. The summed E-state index contributed by atoms with van der Waals surface area (Å²) in [6, 6.07) is 0. The molecule has 26 heavy (non-hydrogen) atoms. The number of aromatic nitrogens is 3.